The third-order valence-corrected chi connectivity index (χ3v) is 8.34. The zero-order chi connectivity index (χ0) is 32.7. The van der Waals surface area contributed by atoms with Gasteiger partial charge in [-0.05, 0) is 24.6 Å². The first-order valence-electron chi connectivity index (χ1n) is 14.3. The fraction of sp³-hybridized carbons (Fsp3) is 0.586. The van der Waals surface area contributed by atoms with Gasteiger partial charge in [-0.15, -0.1) is 0 Å². The molecule has 2 aromatic rings. The van der Waals surface area contributed by atoms with E-state index >= 15 is 0 Å². The average molecular weight is 643 g/mol. The Bertz CT molecular complexity index is 1320. The molecule has 45 heavy (non-hydrogen) atoms. The zero-order valence-corrected chi connectivity index (χ0v) is 24.0. The molecule has 0 radical (unpaired) electrons. The van der Waals surface area contributed by atoms with E-state index in [0.717, 1.165) is 0 Å². The Morgan fingerprint density at radius 1 is 0.711 bits per heavy atom. The first-order valence-corrected chi connectivity index (χ1v) is 14.3. The second kappa shape index (κ2) is 13.5. The zero-order valence-electron chi connectivity index (χ0n) is 24.0. The maximum absolute atomic E-state index is 11.4. The van der Waals surface area contributed by atoms with Crippen molar-refractivity contribution in [3.63, 3.8) is 0 Å². The lowest BCUT2D eigenvalue weighted by molar-refractivity contribution is -0.279. The van der Waals surface area contributed by atoms with Crippen LogP contribution < -0.4 is 14.2 Å². The number of hydrogen-bond donors (Lipinski definition) is 11. The van der Waals surface area contributed by atoms with Crippen LogP contribution in [0.1, 0.15) is 40.9 Å². The van der Waals surface area contributed by atoms with Crippen LogP contribution in [0.5, 0.6) is 23.0 Å². The maximum Gasteiger partial charge on any atom is 0.229 e. The topological polar surface area (TPSA) is 269 Å². The van der Waals surface area contributed by atoms with Gasteiger partial charge < -0.3 is 79.9 Å². The number of aliphatic hydroxyl groups is 10. The van der Waals surface area contributed by atoms with Gasteiger partial charge in [-0.3, -0.25) is 0 Å². The van der Waals surface area contributed by atoms with Gasteiger partial charge in [-0.1, -0.05) is 12.1 Å². The van der Waals surface area contributed by atoms with E-state index in [4.69, 9.17) is 23.7 Å². The van der Waals surface area contributed by atoms with Crippen molar-refractivity contribution in [1.29, 1.82) is 0 Å². The van der Waals surface area contributed by atoms with Crippen LogP contribution in [0.2, 0.25) is 0 Å². The van der Waals surface area contributed by atoms with Crippen molar-refractivity contribution in [3.8, 4) is 23.0 Å². The summed E-state index contributed by atoms with van der Waals surface area (Å²) < 4.78 is 29.2. The molecule has 0 bridgehead atoms. The van der Waals surface area contributed by atoms with Gasteiger partial charge in [0.25, 0.3) is 0 Å². The van der Waals surface area contributed by atoms with Crippen LogP contribution in [0.3, 0.4) is 0 Å². The van der Waals surface area contributed by atoms with E-state index in [-0.39, 0.29) is 46.1 Å². The van der Waals surface area contributed by atoms with Gasteiger partial charge in [0.15, 0.2) is 0 Å². The van der Waals surface area contributed by atoms with E-state index in [1.807, 2.05) is 0 Å². The van der Waals surface area contributed by atoms with Crippen molar-refractivity contribution in [1.82, 2.24) is 0 Å². The van der Waals surface area contributed by atoms with E-state index in [0.29, 0.717) is 5.56 Å². The summed E-state index contributed by atoms with van der Waals surface area (Å²) in [6.07, 6.45) is -19.0. The van der Waals surface area contributed by atoms with Gasteiger partial charge in [-0.25, -0.2) is 0 Å². The summed E-state index contributed by atoms with van der Waals surface area (Å²) in [6, 6.07) is 6.05. The van der Waals surface area contributed by atoms with Crippen LogP contribution >= 0.6 is 0 Å². The number of aromatic hydroxyl groups is 1. The van der Waals surface area contributed by atoms with E-state index in [1.54, 1.807) is 12.1 Å². The fourth-order valence-corrected chi connectivity index (χ4v) is 5.76. The molecule has 0 amide bonds. The summed E-state index contributed by atoms with van der Waals surface area (Å²) in [6.45, 7) is -0.840. The average Bonchev–Trinajstić information content (AvgIpc) is 3.03. The summed E-state index contributed by atoms with van der Waals surface area (Å²) >= 11 is 0. The second-order valence-corrected chi connectivity index (χ2v) is 11.2. The van der Waals surface area contributed by atoms with Crippen molar-refractivity contribution in [2.45, 2.75) is 93.6 Å². The highest BCUT2D eigenvalue weighted by molar-refractivity contribution is 5.64. The highest BCUT2D eigenvalue weighted by Gasteiger charge is 2.48. The molecule has 0 aromatic heterocycles. The summed E-state index contributed by atoms with van der Waals surface area (Å²) in [5.74, 6) is -0.551. The number of ether oxygens (including phenoxy) is 5. The fourth-order valence-electron chi connectivity index (χ4n) is 5.76. The monoisotopic (exact) mass is 642 g/mol. The predicted octanol–water partition coefficient (Wildman–Crippen LogP) is -2.89. The maximum atomic E-state index is 11.4. The molecular weight excluding hydrogens is 604 g/mol. The summed E-state index contributed by atoms with van der Waals surface area (Å²) in [7, 11) is 0. The number of aliphatic hydroxyl groups excluding tert-OH is 10. The van der Waals surface area contributed by atoms with Gasteiger partial charge in [-0.2, -0.15) is 0 Å². The molecule has 12 atom stereocenters. The minimum Gasteiger partial charge on any atom is -0.508 e. The second-order valence-electron chi connectivity index (χ2n) is 11.2. The van der Waals surface area contributed by atoms with E-state index < -0.39 is 93.4 Å². The highest BCUT2D eigenvalue weighted by atomic mass is 16.7. The Hall–Kier alpha value is -2.84. The van der Waals surface area contributed by atoms with Crippen LogP contribution in [0, 0.1) is 6.92 Å². The molecule has 11 N–H and O–H groups in total. The molecule has 0 saturated carbocycles. The highest BCUT2D eigenvalue weighted by Crippen LogP contribution is 2.53. The Morgan fingerprint density at radius 3 is 1.71 bits per heavy atom. The van der Waals surface area contributed by atoms with Crippen molar-refractivity contribution < 1.29 is 79.9 Å². The number of phenols is 1. The van der Waals surface area contributed by atoms with Crippen molar-refractivity contribution in [2.24, 2.45) is 0 Å². The minimum atomic E-state index is -1.87. The molecule has 0 spiro atoms. The van der Waals surface area contributed by atoms with E-state index in [2.05, 4.69) is 0 Å². The molecule has 3 aliphatic rings. The third-order valence-electron chi connectivity index (χ3n) is 8.34. The SMILES string of the molecule is Cc1c(O[C@@H]2O[C@H](CO)[C@@H](O)[C@H](O)[C@H]2O)c(CO)c(O[C@@H]2O[C@H](CO)[C@@H](O)[C@H](O)[C@H]2O)c2c1O[C@@H](c1ccc(O)cc1)C[C@@H]2O. The molecular formula is C29H38O16. The standard InChI is InChI=1S/C29H38O16/c1-10-25(44-28-23(39)21(37)19(35)16(8-31)42-28)13(7-30)27(45-29-24(40)22(38)20(36)17(9-32)43-29)18-14(34)6-15(41-26(10)18)11-2-4-12(33)5-3-11/h2-5,14-17,19-24,28-40H,6-9H2,1H3/t14-,15+,16+,17+,19+,20+,21-,22-,23+,24+,28-,29-/m0/s1. The van der Waals surface area contributed by atoms with E-state index in [1.165, 1.54) is 19.1 Å². The number of fused-ring (bicyclic) bond motifs is 1. The minimum absolute atomic E-state index is 0.00436. The molecule has 5 rings (SSSR count). The van der Waals surface area contributed by atoms with Gasteiger partial charge in [0.05, 0.1) is 37.1 Å². The van der Waals surface area contributed by atoms with Crippen LogP contribution in [-0.4, -0.2) is 131 Å². The molecule has 0 unspecified atom stereocenters. The van der Waals surface area contributed by atoms with Crippen LogP contribution in [-0.2, 0) is 16.1 Å². The lowest BCUT2D eigenvalue weighted by Gasteiger charge is -2.42. The Balaban J connectivity index is 1.62. The van der Waals surface area contributed by atoms with E-state index in [9.17, 15) is 56.2 Å². The molecule has 3 aliphatic heterocycles. The van der Waals surface area contributed by atoms with Crippen molar-refractivity contribution >= 4 is 0 Å². The first-order chi connectivity index (χ1) is 21.4. The van der Waals surface area contributed by atoms with Gasteiger partial charge in [0, 0.05) is 12.0 Å². The Morgan fingerprint density at radius 2 is 1.22 bits per heavy atom. The molecule has 16 nitrogen and oxygen atoms in total. The van der Waals surface area contributed by atoms with Gasteiger partial charge >= 0.3 is 0 Å². The largest absolute Gasteiger partial charge is 0.508 e. The summed E-state index contributed by atoms with van der Waals surface area (Å²) in [5.41, 5.74) is 0.557. The summed E-state index contributed by atoms with van der Waals surface area (Å²) in [4.78, 5) is 0. The number of phenolic OH excluding ortho intramolecular Hbond substituents is 1. The van der Waals surface area contributed by atoms with Crippen molar-refractivity contribution in [2.75, 3.05) is 13.2 Å². The third kappa shape index (κ3) is 6.17. The molecule has 2 aromatic carbocycles. The molecule has 2 saturated heterocycles. The van der Waals surface area contributed by atoms with Gasteiger partial charge in [0.1, 0.15) is 77.9 Å². The Labute approximate surface area is 256 Å². The number of rotatable bonds is 8. The molecule has 250 valence electrons. The predicted molar refractivity (Wildman–Crippen MR) is 147 cm³/mol. The summed E-state index contributed by atoms with van der Waals surface area (Å²) in [5, 5.41) is 113. The number of benzene rings is 2. The lowest BCUT2D eigenvalue weighted by atomic mass is 9.90. The number of hydrogen-bond acceptors (Lipinski definition) is 16. The van der Waals surface area contributed by atoms with Crippen LogP contribution in [0.25, 0.3) is 0 Å². The molecule has 0 aliphatic carbocycles. The smallest absolute Gasteiger partial charge is 0.229 e. The Kier molecular flexibility index (Phi) is 10.0. The molecule has 3 heterocycles. The molecule has 2 fully saturated rings. The van der Waals surface area contributed by atoms with Crippen LogP contribution in [0.15, 0.2) is 24.3 Å². The van der Waals surface area contributed by atoms with Crippen LogP contribution in [0.4, 0.5) is 0 Å². The quantitative estimate of drug-likeness (QED) is 0.138. The normalized spacial score (nSPS) is 36.6. The lowest BCUT2D eigenvalue weighted by Crippen LogP contribution is -2.60. The van der Waals surface area contributed by atoms with Gasteiger partial charge in [0.2, 0.25) is 12.6 Å². The first kappa shape index (κ1) is 33.5. The molecule has 16 heteroatoms. The van der Waals surface area contributed by atoms with Crippen molar-refractivity contribution in [3.05, 3.63) is 46.5 Å².